The van der Waals surface area contributed by atoms with E-state index in [-0.39, 0.29) is 48.5 Å². The van der Waals surface area contributed by atoms with Crippen LogP contribution in [-0.4, -0.2) is 34.0 Å². The molecule has 0 radical (unpaired) electrons. The monoisotopic (exact) mass is 492 g/mol. The molecule has 0 saturated heterocycles. The number of nitrogens with zero attached hydrogens (tertiary/aromatic N) is 3. The van der Waals surface area contributed by atoms with E-state index in [0.717, 1.165) is 6.42 Å². The zero-order chi connectivity index (χ0) is 22.5. The average Bonchev–Trinajstić information content (AvgIpc) is 2.76. The van der Waals surface area contributed by atoms with Crippen LogP contribution in [0.4, 0.5) is 11.5 Å². The SMILES string of the molecule is CNC(=O)Cc1c(C)nc(-n2c(C)cnc(NCCc3ccccc3)c2=O)c(C)c1N.Cl.Cl. The molecule has 178 valence electrons. The zero-order valence-electron chi connectivity index (χ0n) is 19.1. The molecule has 0 unspecified atom stereocenters. The summed E-state index contributed by atoms with van der Waals surface area (Å²) in [6, 6.07) is 10.0. The molecule has 2 aromatic heterocycles. The number of hydrogen-bond acceptors (Lipinski definition) is 6. The van der Waals surface area contributed by atoms with Crippen molar-refractivity contribution in [2.45, 2.75) is 33.6 Å². The molecular formula is C23H30Cl2N6O2. The number of nitrogens with two attached hydrogens (primary N) is 1. The number of benzene rings is 1. The van der Waals surface area contributed by atoms with Crippen LogP contribution in [0, 0.1) is 20.8 Å². The number of aryl methyl sites for hydroxylation is 2. The van der Waals surface area contributed by atoms with Gasteiger partial charge in [-0.05, 0) is 32.8 Å². The number of nitrogens with one attached hydrogen (secondary N) is 2. The number of halogens is 2. The lowest BCUT2D eigenvalue weighted by Gasteiger charge is -2.18. The number of pyridine rings is 1. The number of amides is 1. The minimum absolute atomic E-state index is 0. The maximum absolute atomic E-state index is 13.2. The first kappa shape index (κ1) is 27.9. The molecule has 3 rings (SSSR count). The van der Waals surface area contributed by atoms with Crippen LogP contribution in [0.1, 0.15) is 28.1 Å². The summed E-state index contributed by atoms with van der Waals surface area (Å²) in [6.45, 7) is 5.97. The van der Waals surface area contributed by atoms with Crippen LogP contribution in [0.5, 0.6) is 0 Å². The molecule has 2 heterocycles. The predicted molar refractivity (Wildman–Crippen MR) is 137 cm³/mol. The van der Waals surface area contributed by atoms with Gasteiger partial charge in [-0.2, -0.15) is 0 Å². The Bertz CT molecular complexity index is 1170. The van der Waals surface area contributed by atoms with E-state index in [1.54, 1.807) is 34.0 Å². The molecule has 33 heavy (non-hydrogen) atoms. The predicted octanol–water partition coefficient (Wildman–Crippen LogP) is 2.92. The lowest BCUT2D eigenvalue weighted by Crippen LogP contribution is -2.28. The number of likely N-dealkylation sites (N-methyl/N-ethyl adjacent to an activating group) is 1. The summed E-state index contributed by atoms with van der Waals surface area (Å²) in [7, 11) is 1.58. The van der Waals surface area contributed by atoms with Crippen molar-refractivity contribution in [2.75, 3.05) is 24.6 Å². The molecule has 0 saturated carbocycles. The normalized spacial score (nSPS) is 10.1. The van der Waals surface area contributed by atoms with Gasteiger partial charge in [0.2, 0.25) is 5.91 Å². The van der Waals surface area contributed by atoms with Crippen LogP contribution >= 0.6 is 24.8 Å². The van der Waals surface area contributed by atoms with Gasteiger partial charge in [0.05, 0.1) is 6.42 Å². The van der Waals surface area contributed by atoms with E-state index in [1.807, 2.05) is 30.3 Å². The third kappa shape index (κ3) is 6.24. The maximum atomic E-state index is 13.2. The smallest absolute Gasteiger partial charge is 0.299 e. The molecule has 0 atom stereocenters. The van der Waals surface area contributed by atoms with Crippen molar-refractivity contribution in [1.82, 2.24) is 19.9 Å². The number of aromatic nitrogens is 3. The Hall–Kier alpha value is -3.10. The lowest BCUT2D eigenvalue weighted by molar-refractivity contribution is -0.119. The first-order valence-corrected chi connectivity index (χ1v) is 10.2. The Morgan fingerprint density at radius 2 is 1.79 bits per heavy atom. The fourth-order valence-corrected chi connectivity index (χ4v) is 3.43. The fraction of sp³-hybridized carbons (Fsp3) is 0.304. The van der Waals surface area contributed by atoms with Gasteiger partial charge in [0, 0.05) is 48.0 Å². The number of nitrogen functional groups attached to an aromatic ring is 1. The molecular weight excluding hydrogens is 463 g/mol. The van der Waals surface area contributed by atoms with Gasteiger partial charge in [-0.3, -0.25) is 14.2 Å². The Morgan fingerprint density at radius 1 is 1.12 bits per heavy atom. The van der Waals surface area contributed by atoms with Crippen LogP contribution in [0.15, 0.2) is 41.3 Å². The van der Waals surface area contributed by atoms with Crippen LogP contribution < -0.4 is 21.9 Å². The van der Waals surface area contributed by atoms with E-state index in [1.165, 1.54) is 10.1 Å². The minimum Gasteiger partial charge on any atom is -0.398 e. The van der Waals surface area contributed by atoms with E-state index in [2.05, 4.69) is 20.6 Å². The molecule has 8 nitrogen and oxygen atoms in total. The molecule has 0 aliphatic carbocycles. The second-order valence-corrected chi connectivity index (χ2v) is 7.44. The molecule has 10 heteroatoms. The van der Waals surface area contributed by atoms with Crippen LogP contribution in [-0.2, 0) is 17.6 Å². The van der Waals surface area contributed by atoms with Gasteiger partial charge < -0.3 is 16.4 Å². The highest BCUT2D eigenvalue weighted by Gasteiger charge is 2.19. The molecule has 0 spiro atoms. The summed E-state index contributed by atoms with van der Waals surface area (Å²) in [6.07, 6.45) is 2.55. The maximum Gasteiger partial charge on any atom is 0.299 e. The molecule has 0 bridgehead atoms. The minimum atomic E-state index is -0.290. The van der Waals surface area contributed by atoms with Gasteiger partial charge in [0.1, 0.15) is 5.82 Å². The Balaban J connectivity index is 0.00000272. The molecule has 3 aromatic rings. The largest absolute Gasteiger partial charge is 0.398 e. The highest BCUT2D eigenvalue weighted by Crippen LogP contribution is 2.25. The van der Waals surface area contributed by atoms with Crippen molar-refractivity contribution >= 4 is 42.2 Å². The van der Waals surface area contributed by atoms with Crippen LogP contribution in [0.25, 0.3) is 5.82 Å². The molecule has 1 aromatic carbocycles. The van der Waals surface area contributed by atoms with Crippen molar-refractivity contribution in [3.8, 4) is 5.82 Å². The first-order valence-electron chi connectivity index (χ1n) is 10.2. The Kier molecular flexibility index (Phi) is 10.3. The summed E-state index contributed by atoms with van der Waals surface area (Å²) in [4.78, 5) is 34.0. The third-order valence-corrected chi connectivity index (χ3v) is 5.29. The van der Waals surface area contributed by atoms with Gasteiger partial charge in [0.15, 0.2) is 5.82 Å². The molecule has 0 fully saturated rings. The van der Waals surface area contributed by atoms with Crippen LogP contribution in [0.2, 0.25) is 0 Å². The highest BCUT2D eigenvalue weighted by atomic mass is 35.5. The quantitative estimate of drug-likeness (QED) is 0.466. The van der Waals surface area contributed by atoms with Crippen molar-refractivity contribution in [2.24, 2.45) is 0 Å². The molecule has 4 N–H and O–H groups in total. The van der Waals surface area contributed by atoms with Crippen molar-refractivity contribution in [3.63, 3.8) is 0 Å². The van der Waals surface area contributed by atoms with Gasteiger partial charge in [0.25, 0.3) is 5.56 Å². The van der Waals surface area contributed by atoms with Crippen molar-refractivity contribution in [1.29, 1.82) is 0 Å². The third-order valence-electron chi connectivity index (χ3n) is 5.29. The summed E-state index contributed by atoms with van der Waals surface area (Å²) in [5.41, 5.74) is 10.3. The van der Waals surface area contributed by atoms with Gasteiger partial charge >= 0.3 is 0 Å². The van der Waals surface area contributed by atoms with Gasteiger partial charge in [-0.15, -0.1) is 24.8 Å². The number of anilines is 2. The van der Waals surface area contributed by atoms with Crippen LogP contribution in [0.3, 0.4) is 0 Å². The molecule has 0 aliphatic heterocycles. The summed E-state index contributed by atoms with van der Waals surface area (Å²) >= 11 is 0. The van der Waals surface area contributed by atoms with E-state index < -0.39 is 0 Å². The second-order valence-electron chi connectivity index (χ2n) is 7.44. The number of carbonyl (C=O) groups is 1. The number of carbonyl (C=O) groups excluding carboxylic acids is 1. The molecule has 1 amide bonds. The van der Waals surface area contributed by atoms with Gasteiger partial charge in [-0.25, -0.2) is 9.97 Å². The Morgan fingerprint density at radius 3 is 2.42 bits per heavy atom. The Labute approximate surface area is 205 Å². The topological polar surface area (TPSA) is 115 Å². The standard InChI is InChI=1S/C23H28N6O2.2ClH/c1-14-13-27-21(26-11-10-17-8-6-5-7-9-17)23(31)29(14)22-15(2)20(24)18(16(3)28-22)12-19(30)25-4;;/h5-9,13H,10-12H2,1-4H3,(H2,24,28)(H,25,30)(H,26,27);2*1H. The van der Waals surface area contributed by atoms with E-state index in [9.17, 15) is 9.59 Å². The van der Waals surface area contributed by atoms with E-state index in [4.69, 9.17) is 5.73 Å². The number of rotatable bonds is 7. The average molecular weight is 493 g/mol. The van der Waals surface area contributed by atoms with E-state index in [0.29, 0.717) is 40.6 Å². The highest BCUT2D eigenvalue weighted by molar-refractivity contribution is 5.85. The van der Waals surface area contributed by atoms with E-state index >= 15 is 0 Å². The summed E-state index contributed by atoms with van der Waals surface area (Å²) in [5.74, 6) is 0.561. The second kappa shape index (κ2) is 12.2. The van der Waals surface area contributed by atoms with Crippen molar-refractivity contribution in [3.05, 3.63) is 75.0 Å². The number of hydrogen-bond donors (Lipinski definition) is 3. The lowest BCUT2D eigenvalue weighted by atomic mass is 10.0. The summed E-state index contributed by atoms with van der Waals surface area (Å²) < 4.78 is 1.51. The first-order chi connectivity index (χ1) is 14.8. The zero-order valence-corrected chi connectivity index (χ0v) is 20.8. The fourth-order valence-electron chi connectivity index (χ4n) is 3.43. The summed E-state index contributed by atoms with van der Waals surface area (Å²) in [5, 5.41) is 5.73. The van der Waals surface area contributed by atoms with Crippen molar-refractivity contribution < 1.29 is 4.79 Å². The molecule has 0 aliphatic rings. The van der Waals surface area contributed by atoms with Gasteiger partial charge in [-0.1, -0.05) is 30.3 Å².